The Morgan fingerprint density at radius 2 is 2.39 bits per heavy atom. The number of hydrogen-bond donors (Lipinski definition) is 2. The standard InChI is InChI=1S/C11H16N4O2S/c12-11-14-8(7-18-11)5-13-9(16)6-15-4-2-1-3-10(15)17/h7H,1-6H2,(H2,12,14)(H,13,16). The third-order valence-electron chi connectivity index (χ3n) is 2.79. The summed E-state index contributed by atoms with van der Waals surface area (Å²) in [5, 5.41) is 5.03. The number of likely N-dealkylation sites (tertiary alicyclic amines) is 1. The van der Waals surface area contributed by atoms with Gasteiger partial charge in [-0.2, -0.15) is 0 Å². The summed E-state index contributed by atoms with van der Waals surface area (Å²) in [5.41, 5.74) is 6.24. The van der Waals surface area contributed by atoms with Gasteiger partial charge in [-0.1, -0.05) is 0 Å². The summed E-state index contributed by atoms with van der Waals surface area (Å²) in [4.78, 5) is 28.9. The highest BCUT2D eigenvalue weighted by Crippen LogP contribution is 2.11. The number of hydrogen-bond acceptors (Lipinski definition) is 5. The molecule has 0 bridgehead atoms. The number of nitrogens with one attached hydrogen (secondary N) is 1. The molecule has 0 aliphatic carbocycles. The summed E-state index contributed by atoms with van der Waals surface area (Å²) in [6.07, 6.45) is 2.45. The number of nitrogen functional groups attached to an aromatic ring is 1. The molecular weight excluding hydrogens is 252 g/mol. The van der Waals surface area contributed by atoms with Crippen molar-refractivity contribution in [1.82, 2.24) is 15.2 Å². The number of carbonyl (C=O) groups is 2. The van der Waals surface area contributed by atoms with Crippen molar-refractivity contribution in [3.63, 3.8) is 0 Å². The van der Waals surface area contributed by atoms with Gasteiger partial charge in [0.15, 0.2) is 5.13 Å². The van der Waals surface area contributed by atoms with Gasteiger partial charge in [0.1, 0.15) is 0 Å². The second kappa shape index (κ2) is 5.81. The number of anilines is 1. The van der Waals surface area contributed by atoms with Gasteiger partial charge in [0.05, 0.1) is 18.8 Å². The van der Waals surface area contributed by atoms with Gasteiger partial charge in [-0.25, -0.2) is 4.98 Å². The number of nitrogens with zero attached hydrogens (tertiary/aromatic N) is 2. The van der Waals surface area contributed by atoms with E-state index in [0.717, 1.165) is 18.5 Å². The van der Waals surface area contributed by atoms with Gasteiger partial charge in [-0.3, -0.25) is 9.59 Å². The molecule has 6 nitrogen and oxygen atoms in total. The molecule has 0 saturated carbocycles. The molecule has 0 aromatic carbocycles. The first-order valence-corrected chi connectivity index (χ1v) is 6.77. The molecule has 7 heteroatoms. The highest BCUT2D eigenvalue weighted by Gasteiger charge is 2.20. The van der Waals surface area contributed by atoms with E-state index in [1.165, 1.54) is 11.3 Å². The second-order valence-corrected chi connectivity index (χ2v) is 5.12. The second-order valence-electron chi connectivity index (χ2n) is 4.23. The summed E-state index contributed by atoms with van der Waals surface area (Å²) >= 11 is 1.34. The highest BCUT2D eigenvalue weighted by molar-refractivity contribution is 7.13. The number of nitrogens with two attached hydrogens (primary N) is 1. The van der Waals surface area contributed by atoms with E-state index in [9.17, 15) is 9.59 Å². The molecule has 1 aliphatic rings. The van der Waals surface area contributed by atoms with Crippen LogP contribution in [0, 0.1) is 0 Å². The number of carbonyl (C=O) groups excluding carboxylic acids is 2. The van der Waals surface area contributed by atoms with Crippen LogP contribution in [0.15, 0.2) is 5.38 Å². The van der Waals surface area contributed by atoms with Crippen LogP contribution in [0.3, 0.4) is 0 Å². The predicted molar refractivity (Wildman–Crippen MR) is 68.8 cm³/mol. The molecule has 3 N–H and O–H groups in total. The summed E-state index contributed by atoms with van der Waals surface area (Å²) in [7, 11) is 0. The molecule has 1 aromatic rings. The van der Waals surface area contributed by atoms with Gasteiger partial charge in [0.2, 0.25) is 11.8 Å². The lowest BCUT2D eigenvalue weighted by molar-refractivity contribution is -0.137. The molecule has 0 spiro atoms. The van der Waals surface area contributed by atoms with Crippen molar-refractivity contribution in [2.24, 2.45) is 0 Å². The lowest BCUT2D eigenvalue weighted by Crippen LogP contribution is -2.42. The van der Waals surface area contributed by atoms with Gasteiger partial charge in [0.25, 0.3) is 0 Å². The van der Waals surface area contributed by atoms with Crippen molar-refractivity contribution < 1.29 is 9.59 Å². The molecule has 2 rings (SSSR count). The normalized spacial score (nSPS) is 15.8. The van der Waals surface area contributed by atoms with Crippen molar-refractivity contribution in [1.29, 1.82) is 0 Å². The Morgan fingerprint density at radius 3 is 3.06 bits per heavy atom. The summed E-state index contributed by atoms with van der Waals surface area (Å²) in [5.74, 6) is -0.0916. The topological polar surface area (TPSA) is 88.3 Å². The quantitative estimate of drug-likeness (QED) is 0.825. The lowest BCUT2D eigenvalue weighted by atomic mass is 10.1. The zero-order chi connectivity index (χ0) is 13.0. The van der Waals surface area contributed by atoms with Crippen LogP contribution in [0.25, 0.3) is 0 Å². The molecule has 1 saturated heterocycles. The van der Waals surface area contributed by atoms with Crippen LogP contribution in [-0.4, -0.2) is 34.8 Å². The predicted octanol–water partition coefficient (Wildman–Crippen LogP) is 0.354. The van der Waals surface area contributed by atoms with Gasteiger partial charge < -0.3 is 16.0 Å². The Kier molecular flexibility index (Phi) is 4.14. The molecular formula is C11H16N4O2S. The summed E-state index contributed by atoms with van der Waals surface area (Å²) < 4.78 is 0. The molecule has 0 unspecified atom stereocenters. The van der Waals surface area contributed by atoms with Crippen LogP contribution >= 0.6 is 11.3 Å². The average Bonchev–Trinajstić information content (AvgIpc) is 2.76. The SMILES string of the molecule is Nc1nc(CNC(=O)CN2CCCCC2=O)cs1. The molecule has 1 aliphatic heterocycles. The number of thiazole rings is 1. The van der Waals surface area contributed by atoms with Crippen LogP contribution in [-0.2, 0) is 16.1 Å². The van der Waals surface area contributed by atoms with Crippen molar-refractivity contribution in [2.75, 3.05) is 18.8 Å². The van der Waals surface area contributed by atoms with E-state index in [1.54, 1.807) is 4.90 Å². The van der Waals surface area contributed by atoms with Crippen molar-refractivity contribution in [3.05, 3.63) is 11.1 Å². The number of rotatable bonds is 4. The molecule has 0 radical (unpaired) electrons. The van der Waals surface area contributed by atoms with Gasteiger partial charge >= 0.3 is 0 Å². The Labute approximate surface area is 109 Å². The Morgan fingerprint density at radius 1 is 1.56 bits per heavy atom. The first kappa shape index (κ1) is 12.8. The van der Waals surface area contributed by atoms with E-state index in [-0.39, 0.29) is 18.4 Å². The highest BCUT2D eigenvalue weighted by atomic mass is 32.1. The average molecular weight is 268 g/mol. The van der Waals surface area contributed by atoms with E-state index < -0.39 is 0 Å². The number of aromatic nitrogens is 1. The third-order valence-corrected chi connectivity index (χ3v) is 3.51. The Hall–Kier alpha value is -1.63. The largest absolute Gasteiger partial charge is 0.375 e. The lowest BCUT2D eigenvalue weighted by Gasteiger charge is -2.25. The fraction of sp³-hybridized carbons (Fsp3) is 0.545. The minimum Gasteiger partial charge on any atom is -0.375 e. The van der Waals surface area contributed by atoms with Crippen molar-refractivity contribution in [2.45, 2.75) is 25.8 Å². The fourth-order valence-corrected chi connectivity index (χ4v) is 2.41. The number of piperidine rings is 1. The zero-order valence-electron chi connectivity index (χ0n) is 10.0. The Bertz CT molecular complexity index is 446. The minimum absolute atomic E-state index is 0.0642. The zero-order valence-corrected chi connectivity index (χ0v) is 10.8. The maximum absolute atomic E-state index is 11.7. The molecule has 1 aromatic heterocycles. The van der Waals surface area contributed by atoms with E-state index in [0.29, 0.717) is 24.6 Å². The monoisotopic (exact) mass is 268 g/mol. The van der Waals surface area contributed by atoms with E-state index in [4.69, 9.17) is 5.73 Å². The number of amides is 2. The van der Waals surface area contributed by atoms with Crippen LogP contribution in [0.5, 0.6) is 0 Å². The fourth-order valence-electron chi connectivity index (χ4n) is 1.85. The first-order valence-electron chi connectivity index (χ1n) is 5.89. The maximum atomic E-state index is 11.7. The van der Waals surface area contributed by atoms with Gasteiger partial charge in [0, 0.05) is 18.3 Å². The summed E-state index contributed by atoms with van der Waals surface area (Å²) in [6, 6.07) is 0. The van der Waals surface area contributed by atoms with E-state index >= 15 is 0 Å². The van der Waals surface area contributed by atoms with Crippen LogP contribution in [0.1, 0.15) is 25.0 Å². The van der Waals surface area contributed by atoms with E-state index in [2.05, 4.69) is 10.3 Å². The molecule has 2 amide bonds. The van der Waals surface area contributed by atoms with Gasteiger partial charge in [-0.15, -0.1) is 11.3 Å². The molecule has 1 fully saturated rings. The van der Waals surface area contributed by atoms with Crippen LogP contribution in [0.4, 0.5) is 5.13 Å². The van der Waals surface area contributed by atoms with Crippen molar-refractivity contribution >= 4 is 28.3 Å². The smallest absolute Gasteiger partial charge is 0.239 e. The van der Waals surface area contributed by atoms with Crippen LogP contribution < -0.4 is 11.1 Å². The first-order chi connectivity index (χ1) is 8.65. The van der Waals surface area contributed by atoms with Crippen LogP contribution in [0.2, 0.25) is 0 Å². The maximum Gasteiger partial charge on any atom is 0.239 e. The third kappa shape index (κ3) is 3.43. The summed E-state index contributed by atoms with van der Waals surface area (Å²) in [6.45, 7) is 1.17. The van der Waals surface area contributed by atoms with E-state index in [1.807, 2.05) is 5.38 Å². The molecule has 2 heterocycles. The molecule has 98 valence electrons. The molecule has 0 atom stereocenters. The Balaban J connectivity index is 1.76. The van der Waals surface area contributed by atoms with Gasteiger partial charge in [-0.05, 0) is 12.8 Å². The minimum atomic E-state index is -0.156. The van der Waals surface area contributed by atoms with Crippen molar-refractivity contribution in [3.8, 4) is 0 Å². The molecule has 18 heavy (non-hydrogen) atoms.